The van der Waals surface area contributed by atoms with Gasteiger partial charge in [0.05, 0.1) is 17.8 Å². The molecule has 0 radical (unpaired) electrons. The Morgan fingerprint density at radius 2 is 1.84 bits per heavy atom. The van der Waals surface area contributed by atoms with E-state index in [1.54, 1.807) is 48.7 Å². The van der Waals surface area contributed by atoms with Crippen LogP contribution < -0.4 is 10.6 Å². The first-order valence-electron chi connectivity index (χ1n) is 10.0. The highest BCUT2D eigenvalue weighted by Gasteiger charge is 2.12. The number of nitrogens with one attached hydrogen (secondary N) is 2. The third kappa shape index (κ3) is 7.00. The highest BCUT2D eigenvalue weighted by Crippen LogP contribution is 2.30. The molecular formula is C23H23Cl2N3O4. The number of anilines is 2. The molecule has 2 aromatic carbocycles. The smallest absolute Gasteiger partial charge is 0.411 e. The highest BCUT2D eigenvalue weighted by atomic mass is 35.5. The fourth-order valence-electron chi connectivity index (χ4n) is 2.75. The van der Waals surface area contributed by atoms with Crippen LogP contribution in [0.1, 0.15) is 26.2 Å². The van der Waals surface area contributed by atoms with Gasteiger partial charge in [-0.2, -0.15) is 0 Å². The fraction of sp³-hybridized carbons (Fsp3) is 0.261. The van der Waals surface area contributed by atoms with Crippen molar-refractivity contribution in [1.29, 1.82) is 0 Å². The summed E-state index contributed by atoms with van der Waals surface area (Å²) in [6.45, 7) is 4.24. The molecule has 0 bridgehead atoms. The maximum atomic E-state index is 12.3. The van der Waals surface area contributed by atoms with Crippen LogP contribution in [0.4, 0.5) is 16.2 Å². The van der Waals surface area contributed by atoms with Crippen molar-refractivity contribution in [3.05, 3.63) is 64.6 Å². The maximum Gasteiger partial charge on any atom is 0.411 e. The van der Waals surface area contributed by atoms with Crippen molar-refractivity contribution in [2.75, 3.05) is 17.2 Å². The molecule has 0 saturated carbocycles. The van der Waals surface area contributed by atoms with Crippen LogP contribution in [0, 0.1) is 5.92 Å². The molecule has 1 aromatic heterocycles. The van der Waals surface area contributed by atoms with E-state index in [1.165, 1.54) is 0 Å². The number of benzene rings is 2. The lowest BCUT2D eigenvalue weighted by Gasteiger charge is -2.10. The number of rotatable bonds is 8. The van der Waals surface area contributed by atoms with E-state index < -0.39 is 6.09 Å². The van der Waals surface area contributed by atoms with E-state index in [9.17, 15) is 9.59 Å². The minimum Gasteiger partial charge on any atom is -0.449 e. The topological polar surface area (TPSA) is 93.5 Å². The number of aromatic nitrogens is 1. The number of aryl methyl sites for hydroxylation is 1. The third-order valence-electron chi connectivity index (χ3n) is 4.26. The summed E-state index contributed by atoms with van der Waals surface area (Å²) in [6.07, 6.45) is 1.51. The summed E-state index contributed by atoms with van der Waals surface area (Å²) in [5.41, 5.74) is 1.75. The summed E-state index contributed by atoms with van der Waals surface area (Å²) in [6, 6.07) is 11.9. The monoisotopic (exact) mass is 475 g/mol. The Labute approximate surface area is 196 Å². The standard InChI is InChI=1S/C23H23Cl2N3O4/c1-14(2)13-31-23(30)28-17-5-3-4-16(11-17)27-21(29)8-9-22-26-12-20(32-22)18-7-6-15(24)10-19(18)25/h3-7,10-12,14H,8-9,13H2,1-2H3,(H,27,29)(H,28,30). The van der Waals surface area contributed by atoms with Crippen LogP contribution in [0.15, 0.2) is 53.1 Å². The van der Waals surface area contributed by atoms with Crippen molar-refractivity contribution in [2.45, 2.75) is 26.7 Å². The average Bonchev–Trinajstić information content (AvgIpc) is 3.20. The Hall–Kier alpha value is -3.03. The van der Waals surface area contributed by atoms with Crippen molar-refractivity contribution in [3.63, 3.8) is 0 Å². The highest BCUT2D eigenvalue weighted by molar-refractivity contribution is 6.36. The van der Waals surface area contributed by atoms with Gasteiger partial charge in [0.1, 0.15) is 0 Å². The summed E-state index contributed by atoms with van der Waals surface area (Å²) < 4.78 is 10.8. The van der Waals surface area contributed by atoms with Crippen LogP contribution in [-0.4, -0.2) is 23.6 Å². The summed E-state index contributed by atoms with van der Waals surface area (Å²) >= 11 is 12.1. The zero-order valence-electron chi connectivity index (χ0n) is 17.7. The molecule has 1 heterocycles. The number of amides is 2. The first-order valence-corrected chi connectivity index (χ1v) is 10.8. The van der Waals surface area contributed by atoms with Crippen LogP contribution in [0.25, 0.3) is 11.3 Å². The number of hydrogen-bond donors (Lipinski definition) is 2. The predicted molar refractivity (Wildman–Crippen MR) is 125 cm³/mol. The number of halogens is 2. The minimum atomic E-state index is -0.539. The van der Waals surface area contributed by atoms with E-state index in [0.717, 1.165) is 0 Å². The van der Waals surface area contributed by atoms with Crippen molar-refractivity contribution in [1.82, 2.24) is 4.98 Å². The molecule has 0 unspecified atom stereocenters. The first kappa shape index (κ1) is 23.6. The van der Waals surface area contributed by atoms with Gasteiger partial charge >= 0.3 is 6.09 Å². The second kappa shape index (κ2) is 11.0. The van der Waals surface area contributed by atoms with E-state index >= 15 is 0 Å². The zero-order valence-corrected chi connectivity index (χ0v) is 19.2. The molecule has 0 aliphatic heterocycles. The molecule has 3 aromatic rings. The Bertz CT molecular complexity index is 1100. The Kier molecular flexibility index (Phi) is 8.14. The van der Waals surface area contributed by atoms with E-state index in [4.69, 9.17) is 32.4 Å². The molecule has 0 spiro atoms. The predicted octanol–water partition coefficient (Wildman–Crippen LogP) is 6.42. The number of carbonyl (C=O) groups excluding carboxylic acids is 2. The molecule has 0 fully saturated rings. The molecule has 168 valence electrons. The van der Waals surface area contributed by atoms with E-state index in [1.807, 2.05) is 13.8 Å². The molecule has 0 aliphatic carbocycles. The van der Waals surface area contributed by atoms with Crippen molar-refractivity contribution in [2.24, 2.45) is 5.92 Å². The third-order valence-corrected chi connectivity index (χ3v) is 4.80. The van der Waals surface area contributed by atoms with Gasteiger partial charge in [-0.15, -0.1) is 0 Å². The van der Waals surface area contributed by atoms with Gasteiger partial charge in [-0.05, 0) is 42.3 Å². The van der Waals surface area contributed by atoms with Crippen LogP contribution in [0.3, 0.4) is 0 Å². The van der Waals surface area contributed by atoms with Crippen molar-refractivity contribution in [3.8, 4) is 11.3 Å². The number of ether oxygens (including phenoxy) is 1. The van der Waals surface area contributed by atoms with Crippen molar-refractivity contribution < 1.29 is 18.7 Å². The van der Waals surface area contributed by atoms with Gasteiger partial charge < -0.3 is 14.5 Å². The van der Waals surface area contributed by atoms with Gasteiger partial charge in [-0.1, -0.05) is 43.1 Å². The molecule has 2 amide bonds. The number of nitrogens with zero attached hydrogens (tertiary/aromatic N) is 1. The van der Waals surface area contributed by atoms with Crippen molar-refractivity contribution >= 4 is 46.6 Å². The lowest BCUT2D eigenvalue weighted by atomic mass is 10.2. The van der Waals surface area contributed by atoms with Crippen LogP contribution in [0.2, 0.25) is 10.0 Å². The Balaban J connectivity index is 1.52. The largest absolute Gasteiger partial charge is 0.449 e. The Morgan fingerprint density at radius 3 is 2.56 bits per heavy atom. The number of hydrogen-bond acceptors (Lipinski definition) is 5. The first-order chi connectivity index (χ1) is 15.3. The van der Waals surface area contributed by atoms with Gasteiger partial charge in [0.25, 0.3) is 0 Å². The summed E-state index contributed by atoms with van der Waals surface area (Å²) in [4.78, 5) is 28.3. The van der Waals surface area contributed by atoms with E-state index in [0.29, 0.717) is 51.7 Å². The number of carbonyl (C=O) groups is 2. The fourth-order valence-corrected chi connectivity index (χ4v) is 3.26. The molecular weight excluding hydrogens is 453 g/mol. The summed E-state index contributed by atoms with van der Waals surface area (Å²) in [5, 5.41) is 6.42. The van der Waals surface area contributed by atoms with Crippen LogP contribution >= 0.6 is 23.2 Å². The second-order valence-corrected chi connectivity index (χ2v) is 8.33. The van der Waals surface area contributed by atoms with Gasteiger partial charge in [0.15, 0.2) is 11.7 Å². The molecule has 9 heteroatoms. The van der Waals surface area contributed by atoms with E-state index in [2.05, 4.69) is 15.6 Å². The number of oxazole rings is 1. The van der Waals surface area contributed by atoms with Crippen LogP contribution in [0.5, 0.6) is 0 Å². The maximum absolute atomic E-state index is 12.3. The zero-order chi connectivity index (χ0) is 23.1. The van der Waals surface area contributed by atoms with Gasteiger partial charge in [-0.25, -0.2) is 9.78 Å². The molecule has 2 N–H and O–H groups in total. The van der Waals surface area contributed by atoms with Gasteiger partial charge in [0.2, 0.25) is 5.91 Å². The lowest BCUT2D eigenvalue weighted by molar-refractivity contribution is -0.116. The molecule has 3 rings (SSSR count). The normalized spacial score (nSPS) is 10.8. The molecule has 32 heavy (non-hydrogen) atoms. The van der Waals surface area contributed by atoms with Crippen LogP contribution in [-0.2, 0) is 16.0 Å². The van der Waals surface area contributed by atoms with Gasteiger partial charge in [0, 0.05) is 34.8 Å². The molecule has 0 atom stereocenters. The lowest BCUT2D eigenvalue weighted by Crippen LogP contribution is -2.17. The second-order valence-electron chi connectivity index (χ2n) is 7.49. The molecule has 0 saturated heterocycles. The van der Waals surface area contributed by atoms with E-state index in [-0.39, 0.29) is 18.2 Å². The summed E-state index contributed by atoms with van der Waals surface area (Å²) in [7, 11) is 0. The van der Waals surface area contributed by atoms with Gasteiger partial charge in [-0.3, -0.25) is 10.1 Å². The molecule has 0 aliphatic rings. The molecule has 7 nitrogen and oxygen atoms in total. The quantitative estimate of drug-likeness (QED) is 0.391. The summed E-state index contributed by atoms with van der Waals surface area (Å²) in [5.74, 6) is 0.956. The Morgan fingerprint density at radius 1 is 1.09 bits per heavy atom. The SMILES string of the molecule is CC(C)COC(=O)Nc1cccc(NC(=O)CCc2ncc(-c3ccc(Cl)cc3Cl)o2)c1. The minimum absolute atomic E-state index is 0.169. The average molecular weight is 476 g/mol.